The van der Waals surface area contributed by atoms with Gasteiger partial charge in [-0.3, -0.25) is 0 Å². The van der Waals surface area contributed by atoms with Gasteiger partial charge in [0.15, 0.2) is 0 Å². The zero-order valence-corrected chi connectivity index (χ0v) is 10.6. The molecular weight excluding hydrogens is 258 g/mol. The molecule has 15 heavy (non-hydrogen) atoms. The quantitative estimate of drug-likeness (QED) is 0.910. The summed E-state index contributed by atoms with van der Waals surface area (Å²) in [7, 11) is 1.90. The van der Waals surface area contributed by atoms with Crippen molar-refractivity contribution in [1.29, 1.82) is 0 Å². The summed E-state index contributed by atoms with van der Waals surface area (Å²) in [6.07, 6.45) is 2.48. The summed E-state index contributed by atoms with van der Waals surface area (Å²) >= 11 is 3.54. The van der Waals surface area contributed by atoms with E-state index in [0.717, 1.165) is 16.0 Å². The summed E-state index contributed by atoms with van der Waals surface area (Å²) in [5, 5.41) is 4.45. The van der Waals surface area contributed by atoms with Crippen LogP contribution in [0.25, 0.3) is 0 Å². The fourth-order valence-electron chi connectivity index (χ4n) is 1.49. The van der Waals surface area contributed by atoms with E-state index in [4.69, 9.17) is 10.5 Å². The van der Waals surface area contributed by atoms with Crippen molar-refractivity contribution in [2.24, 2.45) is 12.8 Å². The van der Waals surface area contributed by atoms with Crippen LogP contribution in [0.4, 0.5) is 0 Å². The maximum absolute atomic E-state index is 5.65. The summed E-state index contributed by atoms with van der Waals surface area (Å²) in [4.78, 5) is 0. The number of aryl methyl sites for hydroxylation is 1. The molecule has 1 saturated carbocycles. The Morgan fingerprint density at radius 3 is 2.87 bits per heavy atom. The normalized spacial score (nSPS) is 17.9. The smallest absolute Gasteiger partial charge is 0.226 e. The number of aromatic nitrogens is 2. The summed E-state index contributed by atoms with van der Waals surface area (Å²) < 4.78 is 8.39. The van der Waals surface area contributed by atoms with Gasteiger partial charge in [-0.1, -0.05) is 0 Å². The molecule has 1 aromatic heterocycles. The number of halogens is 1. The van der Waals surface area contributed by atoms with Crippen LogP contribution in [0.5, 0.6) is 5.88 Å². The van der Waals surface area contributed by atoms with Crippen molar-refractivity contribution in [3.63, 3.8) is 0 Å². The monoisotopic (exact) mass is 273 g/mol. The van der Waals surface area contributed by atoms with E-state index in [1.54, 1.807) is 4.68 Å². The zero-order chi connectivity index (χ0) is 11.0. The highest BCUT2D eigenvalue weighted by atomic mass is 79.9. The lowest BCUT2D eigenvalue weighted by molar-refractivity contribution is 0.270. The first-order valence-electron chi connectivity index (χ1n) is 5.20. The minimum absolute atomic E-state index is 0.0381. The number of nitrogens with two attached hydrogens (primary N) is 1. The molecule has 2 rings (SSSR count). The Bertz CT molecular complexity index is 358. The standard InChI is InChI=1S/C10H16BrN3O/c1-6(12)5-15-10-8(11)9(7-3-4-7)13-14(10)2/h6-7H,3-5,12H2,1-2H3. The number of ether oxygens (including phenoxy) is 1. The van der Waals surface area contributed by atoms with Gasteiger partial charge in [-0.2, -0.15) is 5.10 Å². The van der Waals surface area contributed by atoms with Crippen molar-refractivity contribution < 1.29 is 4.74 Å². The van der Waals surface area contributed by atoms with Crippen LogP contribution in [0.1, 0.15) is 31.4 Å². The SMILES string of the molecule is CC(N)COc1c(Br)c(C2CC2)nn1C. The van der Waals surface area contributed by atoms with Crippen LogP contribution in [0.15, 0.2) is 4.47 Å². The van der Waals surface area contributed by atoms with Crippen LogP contribution >= 0.6 is 15.9 Å². The summed E-state index contributed by atoms with van der Waals surface area (Å²) in [6, 6.07) is 0.0381. The molecule has 1 fully saturated rings. The second-order valence-electron chi connectivity index (χ2n) is 4.19. The first-order valence-corrected chi connectivity index (χ1v) is 5.99. The van der Waals surface area contributed by atoms with Gasteiger partial charge in [-0.25, -0.2) is 4.68 Å². The fraction of sp³-hybridized carbons (Fsp3) is 0.700. The minimum Gasteiger partial charge on any atom is -0.475 e. The average Bonchev–Trinajstić information content (AvgIpc) is 2.93. The number of hydrogen-bond acceptors (Lipinski definition) is 3. The molecule has 1 aromatic rings. The lowest BCUT2D eigenvalue weighted by Gasteiger charge is -2.08. The molecule has 1 aliphatic rings. The van der Waals surface area contributed by atoms with Gasteiger partial charge in [0, 0.05) is 19.0 Å². The van der Waals surface area contributed by atoms with E-state index in [9.17, 15) is 0 Å². The average molecular weight is 274 g/mol. The van der Waals surface area contributed by atoms with Gasteiger partial charge in [-0.15, -0.1) is 0 Å². The number of hydrogen-bond donors (Lipinski definition) is 1. The van der Waals surface area contributed by atoms with Gasteiger partial charge >= 0.3 is 0 Å². The molecule has 0 aromatic carbocycles. The first-order chi connectivity index (χ1) is 7.09. The van der Waals surface area contributed by atoms with E-state index in [2.05, 4.69) is 21.0 Å². The molecule has 0 aliphatic heterocycles. The molecule has 5 heteroatoms. The molecule has 1 atom stereocenters. The molecule has 0 bridgehead atoms. The van der Waals surface area contributed by atoms with Crippen LogP contribution in [0.2, 0.25) is 0 Å². The highest BCUT2D eigenvalue weighted by Crippen LogP contribution is 2.45. The van der Waals surface area contributed by atoms with Crippen LogP contribution in [-0.2, 0) is 7.05 Å². The van der Waals surface area contributed by atoms with Gasteiger partial charge < -0.3 is 10.5 Å². The predicted molar refractivity (Wildman–Crippen MR) is 62.0 cm³/mol. The van der Waals surface area contributed by atoms with Crippen molar-refractivity contribution >= 4 is 15.9 Å². The number of rotatable bonds is 4. The van der Waals surface area contributed by atoms with Crippen LogP contribution in [-0.4, -0.2) is 22.4 Å². The molecule has 1 aliphatic carbocycles. The Morgan fingerprint density at radius 1 is 1.67 bits per heavy atom. The van der Waals surface area contributed by atoms with E-state index >= 15 is 0 Å². The highest BCUT2D eigenvalue weighted by Gasteiger charge is 2.31. The molecule has 0 amide bonds. The summed E-state index contributed by atoms with van der Waals surface area (Å²) in [5.41, 5.74) is 6.77. The molecule has 84 valence electrons. The summed E-state index contributed by atoms with van der Waals surface area (Å²) in [5.74, 6) is 1.41. The highest BCUT2D eigenvalue weighted by molar-refractivity contribution is 9.10. The second-order valence-corrected chi connectivity index (χ2v) is 4.98. The third-order valence-corrected chi connectivity index (χ3v) is 3.16. The Kier molecular flexibility index (Phi) is 3.02. The third kappa shape index (κ3) is 2.34. The largest absolute Gasteiger partial charge is 0.475 e. The maximum Gasteiger partial charge on any atom is 0.226 e. The molecule has 1 unspecified atom stereocenters. The van der Waals surface area contributed by atoms with E-state index in [1.807, 2.05) is 14.0 Å². The molecular formula is C10H16BrN3O. The first kappa shape index (κ1) is 11.0. The molecule has 4 nitrogen and oxygen atoms in total. The third-order valence-electron chi connectivity index (χ3n) is 2.41. The fourth-order valence-corrected chi connectivity index (χ4v) is 2.26. The van der Waals surface area contributed by atoms with Crippen molar-refractivity contribution in [3.8, 4) is 5.88 Å². The van der Waals surface area contributed by atoms with Gasteiger partial charge in [0.1, 0.15) is 11.1 Å². The maximum atomic E-state index is 5.65. The zero-order valence-electron chi connectivity index (χ0n) is 9.03. The molecule has 2 N–H and O–H groups in total. The minimum atomic E-state index is 0.0381. The van der Waals surface area contributed by atoms with Crippen LogP contribution in [0.3, 0.4) is 0 Å². The molecule has 0 saturated heterocycles. The van der Waals surface area contributed by atoms with E-state index in [1.165, 1.54) is 12.8 Å². The lowest BCUT2D eigenvalue weighted by atomic mass is 10.3. The van der Waals surface area contributed by atoms with Crippen LogP contribution in [0, 0.1) is 0 Å². The number of nitrogens with zero attached hydrogens (tertiary/aromatic N) is 2. The predicted octanol–water partition coefficient (Wildman–Crippen LogP) is 1.79. The topological polar surface area (TPSA) is 53.1 Å². The van der Waals surface area contributed by atoms with Crippen molar-refractivity contribution in [2.75, 3.05) is 6.61 Å². The van der Waals surface area contributed by atoms with Gasteiger partial charge in [0.25, 0.3) is 0 Å². The van der Waals surface area contributed by atoms with Gasteiger partial charge in [-0.05, 0) is 35.7 Å². The van der Waals surface area contributed by atoms with Gasteiger partial charge in [0.2, 0.25) is 5.88 Å². The van der Waals surface area contributed by atoms with Crippen molar-refractivity contribution in [1.82, 2.24) is 9.78 Å². The lowest BCUT2D eigenvalue weighted by Crippen LogP contribution is -2.24. The van der Waals surface area contributed by atoms with Gasteiger partial charge in [0.05, 0.1) is 5.69 Å². The molecule has 0 radical (unpaired) electrons. The Morgan fingerprint density at radius 2 is 2.33 bits per heavy atom. The Balaban J connectivity index is 2.15. The molecule has 0 spiro atoms. The Labute approximate surface area is 97.9 Å². The molecule has 1 heterocycles. The van der Waals surface area contributed by atoms with Crippen molar-refractivity contribution in [3.05, 3.63) is 10.2 Å². The van der Waals surface area contributed by atoms with E-state index in [0.29, 0.717) is 12.5 Å². The Hall–Kier alpha value is -0.550. The van der Waals surface area contributed by atoms with E-state index in [-0.39, 0.29) is 6.04 Å². The van der Waals surface area contributed by atoms with Crippen LogP contribution < -0.4 is 10.5 Å². The second kappa shape index (κ2) is 4.14. The summed E-state index contributed by atoms with van der Waals surface area (Å²) in [6.45, 7) is 2.44. The van der Waals surface area contributed by atoms with E-state index < -0.39 is 0 Å². The van der Waals surface area contributed by atoms with Crippen molar-refractivity contribution in [2.45, 2.75) is 31.7 Å².